The summed E-state index contributed by atoms with van der Waals surface area (Å²) in [5.74, 6) is 0.594. The van der Waals surface area contributed by atoms with Gasteiger partial charge in [0.1, 0.15) is 24.6 Å². The predicted octanol–water partition coefficient (Wildman–Crippen LogP) is -2.24. The number of hydrogen-bond donors (Lipinski definition) is 5. The Labute approximate surface area is 160 Å². The highest BCUT2D eigenvalue weighted by atomic mass is 16.6. The van der Waals surface area contributed by atoms with E-state index in [1.165, 1.54) is 6.33 Å². The van der Waals surface area contributed by atoms with Crippen LogP contribution in [0.25, 0.3) is 11.2 Å². The number of nitrogens with zero attached hydrogens (tertiary/aromatic N) is 5. The van der Waals surface area contributed by atoms with Crippen LogP contribution in [0, 0.1) is 0 Å². The number of morpholine rings is 1. The summed E-state index contributed by atoms with van der Waals surface area (Å²) in [6.45, 7) is 4.12. The zero-order valence-corrected chi connectivity index (χ0v) is 15.3. The Balaban J connectivity index is 1.60. The van der Waals surface area contributed by atoms with E-state index in [4.69, 9.17) is 15.2 Å². The van der Waals surface area contributed by atoms with Crippen molar-refractivity contribution in [3.05, 3.63) is 6.33 Å². The molecular weight excluding hydrogens is 370 g/mol. The predicted molar refractivity (Wildman–Crippen MR) is 98.5 cm³/mol. The molecule has 2 aromatic heterocycles. The first-order chi connectivity index (χ1) is 13.6. The second-order valence-corrected chi connectivity index (χ2v) is 6.85. The van der Waals surface area contributed by atoms with E-state index in [2.05, 4.69) is 25.2 Å². The van der Waals surface area contributed by atoms with E-state index in [1.807, 2.05) is 0 Å². The molecule has 0 aliphatic carbocycles. The van der Waals surface area contributed by atoms with E-state index in [0.717, 1.165) is 19.6 Å². The summed E-state index contributed by atoms with van der Waals surface area (Å²) < 4.78 is 12.6. The third-order valence-corrected chi connectivity index (χ3v) is 5.09. The molecule has 12 nitrogen and oxygen atoms in total. The van der Waals surface area contributed by atoms with Crippen molar-refractivity contribution in [3.8, 4) is 0 Å². The van der Waals surface area contributed by atoms with Crippen LogP contribution in [-0.2, 0) is 9.47 Å². The van der Waals surface area contributed by atoms with Crippen molar-refractivity contribution in [3.63, 3.8) is 0 Å². The molecule has 0 saturated carbocycles. The summed E-state index contributed by atoms with van der Waals surface area (Å²) >= 11 is 0. The first-order valence-corrected chi connectivity index (χ1v) is 9.25. The van der Waals surface area contributed by atoms with Crippen LogP contribution < -0.4 is 11.1 Å². The van der Waals surface area contributed by atoms with Gasteiger partial charge in [0.05, 0.1) is 19.8 Å². The minimum absolute atomic E-state index is 0.201. The molecular formula is C16H25N7O5. The number of nitrogens with two attached hydrogens (primary N) is 1. The fraction of sp³-hybridized carbons (Fsp3) is 0.688. The number of nitrogens with one attached hydrogen (secondary N) is 1. The van der Waals surface area contributed by atoms with Gasteiger partial charge in [-0.25, -0.2) is 15.0 Å². The van der Waals surface area contributed by atoms with Gasteiger partial charge in [-0.3, -0.25) is 9.47 Å². The van der Waals surface area contributed by atoms with Crippen molar-refractivity contribution < 1.29 is 24.8 Å². The van der Waals surface area contributed by atoms with Crippen LogP contribution in [0.5, 0.6) is 0 Å². The molecule has 0 amide bonds. The van der Waals surface area contributed by atoms with Crippen molar-refractivity contribution in [2.75, 3.05) is 57.1 Å². The number of aromatic nitrogens is 4. The van der Waals surface area contributed by atoms with Crippen LogP contribution in [-0.4, -0.2) is 104 Å². The normalized spacial score (nSPS) is 28.8. The first kappa shape index (κ1) is 19.2. The molecule has 4 heterocycles. The highest BCUT2D eigenvalue weighted by Gasteiger charge is 2.45. The summed E-state index contributed by atoms with van der Waals surface area (Å²) in [5.41, 5.74) is 6.67. The average molecular weight is 395 g/mol. The maximum absolute atomic E-state index is 10.5. The molecule has 12 heteroatoms. The Bertz CT molecular complexity index is 812. The van der Waals surface area contributed by atoms with Gasteiger partial charge in [0, 0.05) is 26.2 Å². The van der Waals surface area contributed by atoms with E-state index < -0.39 is 31.1 Å². The Hall–Kier alpha value is -2.09. The standard InChI is InChI=1S/C16H25N7O5/c17-13-10-14(20-8-19-13)23(15-12(26)11(25)9(7-24)28-15)16(21-10)18-1-2-22-3-5-27-6-4-22/h8-9,11-12,15,24-26H,1-7H2,(H,18,21)(H2,17,19,20)/t9-,11?,12?,15-/m1/s1. The Morgan fingerprint density at radius 3 is 2.71 bits per heavy atom. The molecule has 28 heavy (non-hydrogen) atoms. The smallest absolute Gasteiger partial charge is 0.207 e. The molecule has 2 aromatic rings. The van der Waals surface area contributed by atoms with Gasteiger partial charge in [0.25, 0.3) is 0 Å². The molecule has 2 unspecified atom stereocenters. The molecule has 4 atom stereocenters. The van der Waals surface area contributed by atoms with Gasteiger partial charge >= 0.3 is 0 Å². The van der Waals surface area contributed by atoms with Gasteiger partial charge in [0.15, 0.2) is 23.2 Å². The molecule has 2 aliphatic rings. The Morgan fingerprint density at radius 2 is 2.00 bits per heavy atom. The number of rotatable bonds is 6. The lowest BCUT2D eigenvalue weighted by Crippen LogP contribution is -2.39. The molecule has 2 aliphatic heterocycles. The largest absolute Gasteiger partial charge is 0.394 e. The van der Waals surface area contributed by atoms with Crippen LogP contribution >= 0.6 is 0 Å². The SMILES string of the molecule is Nc1ncnc2c1nc(NCCN1CCOCC1)n2[C@@H]1O[C@H](CO)C(O)C1O. The first-order valence-electron chi connectivity index (χ1n) is 9.25. The van der Waals surface area contributed by atoms with E-state index in [0.29, 0.717) is 36.9 Å². The zero-order valence-electron chi connectivity index (χ0n) is 15.3. The minimum atomic E-state index is -1.26. The Morgan fingerprint density at radius 1 is 1.21 bits per heavy atom. The van der Waals surface area contributed by atoms with Crippen molar-refractivity contribution in [1.29, 1.82) is 0 Å². The van der Waals surface area contributed by atoms with Gasteiger partial charge in [-0.05, 0) is 0 Å². The zero-order chi connectivity index (χ0) is 19.7. The summed E-state index contributed by atoms with van der Waals surface area (Å²) in [6, 6.07) is 0. The van der Waals surface area contributed by atoms with Crippen LogP contribution in [0.2, 0.25) is 0 Å². The van der Waals surface area contributed by atoms with Gasteiger partial charge in [-0.15, -0.1) is 0 Å². The number of fused-ring (bicyclic) bond motifs is 1. The molecule has 0 aromatic carbocycles. The lowest BCUT2D eigenvalue weighted by molar-refractivity contribution is -0.0501. The second kappa shape index (κ2) is 8.11. The maximum Gasteiger partial charge on any atom is 0.207 e. The number of imidazole rings is 1. The number of aliphatic hydroxyl groups is 3. The quantitative estimate of drug-likeness (QED) is 0.359. The minimum Gasteiger partial charge on any atom is -0.394 e. The fourth-order valence-corrected chi connectivity index (χ4v) is 3.54. The van der Waals surface area contributed by atoms with Gasteiger partial charge in [-0.1, -0.05) is 0 Å². The molecule has 0 spiro atoms. The van der Waals surface area contributed by atoms with Crippen molar-refractivity contribution in [2.45, 2.75) is 24.5 Å². The number of hydrogen-bond acceptors (Lipinski definition) is 11. The number of nitrogen functional groups attached to an aromatic ring is 1. The average Bonchev–Trinajstić information content (AvgIpc) is 3.21. The van der Waals surface area contributed by atoms with E-state index in [9.17, 15) is 15.3 Å². The van der Waals surface area contributed by atoms with Crippen LogP contribution in [0.1, 0.15) is 6.23 Å². The topological polar surface area (TPSA) is 164 Å². The molecule has 0 radical (unpaired) electrons. The van der Waals surface area contributed by atoms with E-state index in [-0.39, 0.29) is 5.82 Å². The van der Waals surface area contributed by atoms with Gasteiger partial charge in [0.2, 0.25) is 5.95 Å². The summed E-state index contributed by atoms with van der Waals surface area (Å²) in [5, 5.41) is 33.2. The fourth-order valence-electron chi connectivity index (χ4n) is 3.54. The van der Waals surface area contributed by atoms with Gasteiger partial charge in [-0.2, -0.15) is 0 Å². The van der Waals surface area contributed by atoms with E-state index in [1.54, 1.807) is 4.57 Å². The van der Waals surface area contributed by atoms with E-state index >= 15 is 0 Å². The maximum atomic E-state index is 10.5. The third-order valence-electron chi connectivity index (χ3n) is 5.09. The second-order valence-electron chi connectivity index (χ2n) is 6.85. The lowest BCUT2D eigenvalue weighted by atomic mass is 10.1. The molecule has 2 saturated heterocycles. The van der Waals surface area contributed by atoms with Gasteiger partial charge < -0.3 is 35.8 Å². The van der Waals surface area contributed by atoms with Crippen molar-refractivity contribution in [2.24, 2.45) is 0 Å². The van der Waals surface area contributed by atoms with Crippen LogP contribution in [0.3, 0.4) is 0 Å². The highest BCUT2D eigenvalue weighted by Crippen LogP contribution is 2.34. The number of anilines is 2. The molecule has 4 rings (SSSR count). The Kier molecular flexibility index (Phi) is 5.57. The lowest BCUT2D eigenvalue weighted by Gasteiger charge is -2.26. The monoisotopic (exact) mass is 395 g/mol. The summed E-state index contributed by atoms with van der Waals surface area (Å²) in [7, 11) is 0. The third kappa shape index (κ3) is 3.50. The summed E-state index contributed by atoms with van der Waals surface area (Å²) in [6.07, 6.45) is -3.07. The molecule has 2 fully saturated rings. The van der Waals surface area contributed by atoms with Crippen LogP contribution in [0.4, 0.5) is 11.8 Å². The van der Waals surface area contributed by atoms with Crippen molar-refractivity contribution in [1.82, 2.24) is 24.4 Å². The van der Waals surface area contributed by atoms with Crippen molar-refractivity contribution >= 4 is 22.9 Å². The molecule has 6 N–H and O–H groups in total. The highest BCUT2D eigenvalue weighted by molar-refractivity contribution is 5.84. The number of aliphatic hydroxyl groups excluding tert-OH is 3. The number of ether oxygens (including phenoxy) is 2. The summed E-state index contributed by atoms with van der Waals surface area (Å²) in [4.78, 5) is 14.9. The van der Waals surface area contributed by atoms with Crippen LogP contribution in [0.15, 0.2) is 6.33 Å². The molecule has 154 valence electrons. The molecule has 0 bridgehead atoms.